The van der Waals surface area contributed by atoms with E-state index in [0.29, 0.717) is 5.92 Å². The maximum Gasteiger partial charge on any atom is 0.239 e. The van der Waals surface area contributed by atoms with Gasteiger partial charge in [0.25, 0.3) is 0 Å². The van der Waals surface area contributed by atoms with Crippen molar-refractivity contribution in [3.05, 3.63) is 0 Å². The maximum absolute atomic E-state index is 11.4. The number of carbonyl (C=O) groups excluding carboxylic acids is 1. The highest BCUT2D eigenvalue weighted by atomic mass is 16.2. The van der Waals surface area contributed by atoms with E-state index in [4.69, 9.17) is 5.73 Å². The molecule has 0 unspecified atom stereocenters. The Morgan fingerprint density at radius 2 is 1.92 bits per heavy atom. The minimum absolute atomic E-state index is 0.0712. The highest BCUT2D eigenvalue weighted by molar-refractivity contribution is 5.81. The summed E-state index contributed by atoms with van der Waals surface area (Å²) < 4.78 is 0. The third kappa shape index (κ3) is 1.97. The van der Waals surface area contributed by atoms with Crippen LogP contribution in [-0.4, -0.2) is 30.9 Å². The molecule has 1 fully saturated rings. The molecule has 2 N–H and O–H groups in total. The molecule has 0 aliphatic heterocycles. The van der Waals surface area contributed by atoms with Gasteiger partial charge >= 0.3 is 0 Å². The van der Waals surface area contributed by atoms with Gasteiger partial charge in [-0.1, -0.05) is 12.8 Å². The van der Waals surface area contributed by atoms with E-state index >= 15 is 0 Å². The highest BCUT2D eigenvalue weighted by Crippen LogP contribution is 2.27. The van der Waals surface area contributed by atoms with Crippen LogP contribution in [0.25, 0.3) is 0 Å². The average Bonchev–Trinajstić information content (AvgIpc) is 2.53. The number of nitrogens with zero attached hydrogens (tertiary/aromatic N) is 1. The molecule has 0 heterocycles. The largest absolute Gasteiger partial charge is 0.347 e. The van der Waals surface area contributed by atoms with Crippen molar-refractivity contribution in [2.24, 2.45) is 11.7 Å². The van der Waals surface area contributed by atoms with Gasteiger partial charge in [-0.3, -0.25) is 4.79 Å². The molecule has 3 heteroatoms. The van der Waals surface area contributed by atoms with Gasteiger partial charge in [-0.15, -0.1) is 0 Å². The van der Waals surface area contributed by atoms with E-state index in [1.54, 1.807) is 19.0 Å². The summed E-state index contributed by atoms with van der Waals surface area (Å²) in [5.41, 5.74) is 5.83. The summed E-state index contributed by atoms with van der Waals surface area (Å²) in [5.74, 6) is 0.502. The van der Waals surface area contributed by atoms with Gasteiger partial charge in [-0.2, -0.15) is 0 Å². The summed E-state index contributed by atoms with van der Waals surface area (Å²) in [6.07, 6.45) is 4.72. The number of hydrogen-bond acceptors (Lipinski definition) is 2. The van der Waals surface area contributed by atoms with Gasteiger partial charge < -0.3 is 10.6 Å². The molecule has 0 bridgehead atoms. The topological polar surface area (TPSA) is 46.3 Å². The fraction of sp³-hybridized carbons (Fsp3) is 0.889. The third-order valence-electron chi connectivity index (χ3n) is 2.63. The van der Waals surface area contributed by atoms with Crippen molar-refractivity contribution in [1.82, 2.24) is 4.90 Å². The molecule has 1 atom stereocenters. The predicted molar refractivity (Wildman–Crippen MR) is 48.6 cm³/mol. The van der Waals surface area contributed by atoms with Gasteiger partial charge in [0.2, 0.25) is 5.91 Å². The SMILES string of the molecule is CN(C)C(=O)[C@@H](N)C1CCCC1. The number of likely N-dealkylation sites (N-methyl/N-ethyl adjacent to an activating group) is 1. The first kappa shape index (κ1) is 9.52. The Hall–Kier alpha value is -0.570. The quantitative estimate of drug-likeness (QED) is 0.659. The first-order valence-corrected chi connectivity index (χ1v) is 4.59. The van der Waals surface area contributed by atoms with Crippen molar-refractivity contribution in [2.45, 2.75) is 31.7 Å². The molecule has 0 aromatic carbocycles. The monoisotopic (exact) mass is 170 g/mol. The molecule has 0 spiro atoms. The zero-order valence-electron chi connectivity index (χ0n) is 7.92. The van der Waals surface area contributed by atoms with Crippen LogP contribution in [0.4, 0.5) is 0 Å². The van der Waals surface area contributed by atoms with Crippen LogP contribution in [0.15, 0.2) is 0 Å². The number of rotatable bonds is 2. The lowest BCUT2D eigenvalue weighted by molar-refractivity contribution is -0.131. The smallest absolute Gasteiger partial charge is 0.239 e. The number of amides is 1. The van der Waals surface area contributed by atoms with Crippen molar-refractivity contribution in [3.8, 4) is 0 Å². The number of hydrogen-bond donors (Lipinski definition) is 1. The fourth-order valence-corrected chi connectivity index (χ4v) is 1.82. The van der Waals surface area contributed by atoms with E-state index in [-0.39, 0.29) is 11.9 Å². The highest BCUT2D eigenvalue weighted by Gasteiger charge is 2.27. The number of nitrogens with two attached hydrogens (primary N) is 1. The first-order valence-electron chi connectivity index (χ1n) is 4.59. The Bertz CT molecular complexity index is 162. The van der Waals surface area contributed by atoms with Crippen LogP contribution in [0, 0.1) is 5.92 Å². The minimum Gasteiger partial charge on any atom is -0.347 e. The molecular formula is C9H18N2O. The molecule has 1 amide bonds. The van der Waals surface area contributed by atoms with Gasteiger partial charge in [-0.05, 0) is 18.8 Å². The zero-order chi connectivity index (χ0) is 9.14. The molecule has 0 aromatic rings. The lowest BCUT2D eigenvalue weighted by Gasteiger charge is -2.21. The Kier molecular flexibility index (Phi) is 3.09. The van der Waals surface area contributed by atoms with Crippen LogP contribution < -0.4 is 5.73 Å². The van der Waals surface area contributed by atoms with Gasteiger partial charge in [0.1, 0.15) is 0 Å². The molecule has 3 nitrogen and oxygen atoms in total. The van der Waals surface area contributed by atoms with Crippen molar-refractivity contribution >= 4 is 5.91 Å². The second-order valence-corrected chi connectivity index (χ2v) is 3.80. The van der Waals surface area contributed by atoms with E-state index in [9.17, 15) is 4.79 Å². The normalized spacial score (nSPS) is 20.9. The van der Waals surface area contributed by atoms with Crippen molar-refractivity contribution in [2.75, 3.05) is 14.1 Å². The standard InChI is InChI=1S/C9H18N2O/c1-11(2)9(12)8(10)7-5-3-4-6-7/h7-8H,3-6,10H2,1-2H3/t8-/m0/s1. The van der Waals surface area contributed by atoms with Crippen LogP contribution in [-0.2, 0) is 4.79 Å². The molecule has 0 radical (unpaired) electrons. The average molecular weight is 170 g/mol. The van der Waals surface area contributed by atoms with Gasteiger partial charge in [0, 0.05) is 14.1 Å². The van der Waals surface area contributed by atoms with Crippen LogP contribution in [0.1, 0.15) is 25.7 Å². The second kappa shape index (κ2) is 3.90. The number of carbonyl (C=O) groups is 1. The van der Waals surface area contributed by atoms with Gasteiger partial charge in [-0.25, -0.2) is 0 Å². The molecule has 12 heavy (non-hydrogen) atoms. The maximum atomic E-state index is 11.4. The Morgan fingerprint density at radius 1 is 1.42 bits per heavy atom. The summed E-state index contributed by atoms with van der Waals surface area (Å²) in [4.78, 5) is 13.0. The summed E-state index contributed by atoms with van der Waals surface area (Å²) in [5, 5.41) is 0. The molecular weight excluding hydrogens is 152 g/mol. The van der Waals surface area contributed by atoms with Crippen LogP contribution >= 0.6 is 0 Å². The van der Waals surface area contributed by atoms with Gasteiger partial charge in [0.15, 0.2) is 0 Å². The third-order valence-corrected chi connectivity index (χ3v) is 2.63. The van der Waals surface area contributed by atoms with E-state index < -0.39 is 0 Å². The summed E-state index contributed by atoms with van der Waals surface area (Å²) in [7, 11) is 3.52. The molecule has 1 aliphatic carbocycles. The van der Waals surface area contributed by atoms with Crippen molar-refractivity contribution < 1.29 is 4.79 Å². The molecule has 1 aliphatic rings. The van der Waals surface area contributed by atoms with Crippen molar-refractivity contribution in [1.29, 1.82) is 0 Å². The second-order valence-electron chi connectivity index (χ2n) is 3.80. The Morgan fingerprint density at radius 3 is 2.33 bits per heavy atom. The predicted octanol–water partition coefficient (Wildman–Crippen LogP) is 0.592. The molecule has 0 saturated heterocycles. The lowest BCUT2D eigenvalue weighted by atomic mass is 9.98. The first-order chi connectivity index (χ1) is 5.63. The van der Waals surface area contributed by atoms with Crippen LogP contribution in [0.2, 0.25) is 0 Å². The fourth-order valence-electron chi connectivity index (χ4n) is 1.82. The van der Waals surface area contributed by atoms with E-state index in [1.165, 1.54) is 12.8 Å². The molecule has 1 saturated carbocycles. The minimum atomic E-state index is -0.262. The van der Waals surface area contributed by atoms with E-state index in [0.717, 1.165) is 12.8 Å². The van der Waals surface area contributed by atoms with Crippen molar-refractivity contribution in [3.63, 3.8) is 0 Å². The summed E-state index contributed by atoms with van der Waals surface area (Å²) in [6, 6.07) is -0.262. The summed E-state index contributed by atoms with van der Waals surface area (Å²) in [6.45, 7) is 0. The molecule has 1 rings (SSSR count). The van der Waals surface area contributed by atoms with E-state index in [1.807, 2.05) is 0 Å². The van der Waals surface area contributed by atoms with Crippen LogP contribution in [0.3, 0.4) is 0 Å². The molecule has 70 valence electrons. The lowest BCUT2D eigenvalue weighted by Crippen LogP contribution is -2.44. The Balaban J connectivity index is 2.45. The van der Waals surface area contributed by atoms with Crippen LogP contribution in [0.5, 0.6) is 0 Å². The van der Waals surface area contributed by atoms with E-state index in [2.05, 4.69) is 0 Å². The van der Waals surface area contributed by atoms with Gasteiger partial charge in [0.05, 0.1) is 6.04 Å². The zero-order valence-corrected chi connectivity index (χ0v) is 7.92. The molecule has 0 aromatic heterocycles. The Labute approximate surface area is 73.9 Å². The summed E-state index contributed by atoms with van der Waals surface area (Å²) >= 11 is 0.